The van der Waals surface area contributed by atoms with Gasteiger partial charge in [0.1, 0.15) is 0 Å². The fraction of sp³-hybridized carbons (Fsp3) is 0.375. The van der Waals surface area contributed by atoms with Gasteiger partial charge in [0.05, 0.1) is 11.4 Å². The van der Waals surface area contributed by atoms with E-state index >= 15 is 0 Å². The Hall–Kier alpha value is -1.78. The first kappa shape index (κ1) is 13.2. The molecule has 0 amide bonds. The summed E-state index contributed by atoms with van der Waals surface area (Å²) in [4.78, 5) is 0. The van der Waals surface area contributed by atoms with Crippen molar-refractivity contribution >= 4 is 0 Å². The van der Waals surface area contributed by atoms with Gasteiger partial charge in [-0.1, -0.05) is 24.3 Å². The van der Waals surface area contributed by atoms with Gasteiger partial charge in [-0.05, 0) is 55.4 Å². The summed E-state index contributed by atoms with van der Waals surface area (Å²) in [6.07, 6.45) is 2.14. The second-order valence-electron chi connectivity index (χ2n) is 5.58. The molecule has 0 saturated heterocycles. The number of nitrogens with one attached hydrogen (secondary N) is 1. The molecule has 4 nitrogen and oxygen atoms in total. The van der Waals surface area contributed by atoms with Gasteiger partial charge in [0.2, 0.25) is 0 Å². The van der Waals surface area contributed by atoms with E-state index in [0.717, 1.165) is 29.8 Å². The molecule has 0 aliphatic heterocycles. The molecule has 1 aromatic heterocycles. The highest BCUT2D eigenvalue weighted by Crippen LogP contribution is 2.40. The van der Waals surface area contributed by atoms with Gasteiger partial charge in [-0.25, -0.2) is 0 Å². The Balaban J connectivity index is 1.80. The first-order valence-electron chi connectivity index (χ1n) is 7.03. The van der Waals surface area contributed by atoms with Gasteiger partial charge in [0, 0.05) is 6.04 Å². The maximum Gasteiger partial charge on any atom is 0.0648 e. The normalized spacial score (nSPS) is 18.2. The van der Waals surface area contributed by atoms with Crippen LogP contribution in [0, 0.1) is 13.8 Å². The zero-order valence-electron chi connectivity index (χ0n) is 11.9. The Bertz CT molecular complexity index is 624. The van der Waals surface area contributed by atoms with Crippen molar-refractivity contribution in [3.63, 3.8) is 0 Å². The monoisotopic (exact) mass is 268 g/mol. The third kappa shape index (κ3) is 2.32. The minimum absolute atomic E-state index is 0.127. The molecule has 2 unspecified atom stereocenters. The molecule has 4 heteroatoms. The molecule has 2 aromatic rings. The number of rotatable bonds is 4. The second kappa shape index (κ2) is 5.31. The number of nitrogens with two attached hydrogens (primary N) is 1. The summed E-state index contributed by atoms with van der Waals surface area (Å²) < 4.78 is 0. The predicted octanol–water partition coefficient (Wildman–Crippen LogP) is 2.33. The second-order valence-corrected chi connectivity index (χ2v) is 5.58. The van der Waals surface area contributed by atoms with E-state index in [-0.39, 0.29) is 6.04 Å². The minimum atomic E-state index is 0.127. The van der Waals surface area contributed by atoms with Crippen LogP contribution in [0.25, 0.3) is 0 Å². The molecule has 0 bridgehead atoms. The number of hydrogen-bond donors (Lipinski definition) is 2. The lowest BCUT2D eigenvalue weighted by Crippen LogP contribution is -2.32. The van der Waals surface area contributed by atoms with Crippen LogP contribution in [0.3, 0.4) is 0 Å². The Kier molecular flexibility index (Phi) is 3.51. The van der Waals surface area contributed by atoms with Crippen molar-refractivity contribution in [1.29, 1.82) is 0 Å². The van der Waals surface area contributed by atoms with Crippen LogP contribution in [0.15, 0.2) is 30.3 Å². The highest BCUT2D eigenvalue weighted by Gasteiger charge is 2.29. The molecule has 1 heterocycles. The summed E-state index contributed by atoms with van der Waals surface area (Å²) in [6.45, 7) is 3.95. The Morgan fingerprint density at radius 1 is 1.30 bits per heavy atom. The van der Waals surface area contributed by atoms with Gasteiger partial charge in [0.25, 0.3) is 0 Å². The molecule has 1 aromatic carbocycles. The Morgan fingerprint density at radius 2 is 2.10 bits per heavy atom. The molecule has 3 rings (SSSR count). The summed E-state index contributed by atoms with van der Waals surface area (Å²) >= 11 is 0. The lowest BCUT2D eigenvalue weighted by molar-refractivity contribution is 0.432. The Labute approximate surface area is 119 Å². The van der Waals surface area contributed by atoms with E-state index in [1.54, 1.807) is 0 Å². The van der Waals surface area contributed by atoms with Gasteiger partial charge in [-0.3, -0.25) is 11.3 Å². The van der Waals surface area contributed by atoms with E-state index in [4.69, 9.17) is 5.84 Å². The molecule has 1 aliphatic carbocycles. The van der Waals surface area contributed by atoms with Gasteiger partial charge in [-0.2, -0.15) is 10.2 Å². The van der Waals surface area contributed by atoms with Crippen LogP contribution in [-0.2, 0) is 6.42 Å². The van der Waals surface area contributed by atoms with E-state index in [1.807, 2.05) is 13.8 Å². The molecule has 0 spiro atoms. The maximum absolute atomic E-state index is 5.77. The molecular weight excluding hydrogens is 248 g/mol. The molecule has 0 fully saturated rings. The highest BCUT2D eigenvalue weighted by molar-refractivity contribution is 5.40. The van der Waals surface area contributed by atoms with Crippen molar-refractivity contribution in [3.05, 3.63) is 58.4 Å². The molecule has 3 N–H and O–H groups in total. The SMILES string of the molecule is Cc1cc(C(CC2Cc3ccccc32)NN)c(C)nn1. The third-order valence-corrected chi connectivity index (χ3v) is 4.20. The minimum Gasteiger partial charge on any atom is -0.271 e. The first-order valence-corrected chi connectivity index (χ1v) is 7.03. The van der Waals surface area contributed by atoms with E-state index < -0.39 is 0 Å². The molecule has 2 atom stereocenters. The summed E-state index contributed by atoms with van der Waals surface area (Å²) in [7, 11) is 0. The lowest BCUT2D eigenvalue weighted by atomic mass is 9.74. The van der Waals surface area contributed by atoms with E-state index in [0.29, 0.717) is 5.92 Å². The zero-order valence-corrected chi connectivity index (χ0v) is 11.9. The molecule has 0 saturated carbocycles. The smallest absolute Gasteiger partial charge is 0.0648 e. The van der Waals surface area contributed by atoms with Crippen molar-refractivity contribution in [2.75, 3.05) is 0 Å². The predicted molar refractivity (Wildman–Crippen MR) is 79.1 cm³/mol. The fourth-order valence-electron chi connectivity index (χ4n) is 3.06. The average molecular weight is 268 g/mol. The topological polar surface area (TPSA) is 63.8 Å². The number of fused-ring (bicyclic) bond motifs is 1. The van der Waals surface area contributed by atoms with Gasteiger partial charge >= 0.3 is 0 Å². The lowest BCUT2D eigenvalue weighted by Gasteiger charge is -2.33. The number of nitrogens with zero attached hydrogens (tertiary/aromatic N) is 2. The van der Waals surface area contributed by atoms with Crippen LogP contribution >= 0.6 is 0 Å². The largest absolute Gasteiger partial charge is 0.271 e. The third-order valence-electron chi connectivity index (χ3n) is 4.20. The molecule has 20 heavy (non-hydrogen) atoms. The van der Waals surface area contributed by atoms with E-state index in [2.05, 4.69) is 46.0 Å². The number of aromatic nitrogens is 2. The summed E-state index contributed by atoms with van der Waals surface area (Å²) in [5.74, 6) is 6.36. The number of benzene rings is 1. The molecule has 104 valence electrons. The van der Waals surface area contributed by atoms with Crippen LogP contribution in [0.2, 0.25) is 0 Å². The Morgan fingerprint density at radius 3 is 2.85 bits per heavy atom. The number of hydrazine groups is 1. The van der Waals surface area contributed by atoms with Crippen molar-refractivity contribution in [2.24, 2.45) is 5.84 Å². The number of aryl methyl sites for hydroxylation is 2. The molecule has 0 radical (unpaired) electrons. The van der Waals surface area contributed by atoms with Gasteiger partial charge < -0.3 is 0 Å². The number of hydrogen-bond acceptors (Lipinski definition) is 4. The average Bonchev–Trinajstić information content (AvgIpc) is 2.43. The van der Waals surface area contributed by atoms with Crippen LogP contribution in [0.5, 0.6) is 0 Å². The summed E-state index contributed by atoms with van der Waals surface area (Å²) in [5.41, 5.74) is 8.91. The van der Waals surface area contributed by atoms with E-state index in [9.17, 15) is 0 Å². The highest BCUT2D eigenvalue weighted by atomic mass is 15.2. The van der Waals surface area contributed by atoms with Crippen LogP contribution in [-0.4, -0.2) is 10.2 Å². The zero-order chi connectivity index (χ0) is 14.1. The van der Waals surface area contributed by atoms with Crippen LogP contribution in [0.4, 0.5) is 0 Å². The van der Waals surface area contributed by atoms with Gasteiger partial charge in [0.15, 0.2) is 0 Å². The fourth-order valence-corrected chi connectivity index (χ4v) is 3.06. The van der Waals surface area contributed by atoms with Crippen LogP contribution in [0.1, 0.15) is 46.5 Å². The van der Waals surface area contributed by atoms with Crippen molar-refractivity contribution in [2.45, 2.75) is 38.6 Å². The van der Waals surface area contributed by atoms with Crippen LogP contribution < -0.4 is 11.3 Å². The molecule has 1 aliphatic rings. The summed E-state index contributed by atoms with van der Waals surface area (Å²) in [6, 6.07) is 10.9. The first-order chi connectivity index (χ1) is 9.69. The van der Waals surface area contributed by atoms with Crippen molar-refractivity contribution < 1.29 is 0 Å². The molecular formula is C16H20N4. The van der Waals surface area contributed by atoms with Gasteiger partial charge in [-0.15, -0.1) is 0 Å². The van der Waals surface area contributed by atoms with Crippen molar-refractivity contribution in [1.82, 2.24) is 15.6 Å². The quantitative estimate of drug-likeness (QED) is 0.660. The standard InChI is InChI=1S/C16H20N4/c1-10-7-15(11(2)20-19-10)16(18-17)9-13-8-12-5-3-4-6-14(12)13/h3-7,13,16,18H,8-9,17H2,1-2H3. The maximum atomic E-state index is 5.77. The van der Waals surface area contributed by atoms with Crippen molar-refractivity contribution in [3.8, 4) is 0 Å². The summed E-state index contributed by atoms with van der Waals surface area (Å²) in [5, 5.41) is 8.28. The van der Waals surface area contributed by atoms with E-state index in [1.165, 1.54) is 11.1 Å².